The molecule has 1 aromatic carbocycles. The topological polar surface area (TPSA) is 441 Å². The minimum atomic E-state index is -1.85. The van der Waals surface area contributed by atoms with Crippen LogP contribution >= 0.6 is 0 Å². The van der Waals surface area contributed by atoms with Crippen LogP contribution in [0.2, 0.25) is 0 Å². The summed E-state index contributed by atoms with van der Waals surface area (Å²) < 4.78 is 0. The van der Waals surface area contributed by atoms with E-state index in [1.165, 1.54) is 0 Å². The first kappa shape index (κ1) is 70.8. The summed E-state index contributed by atoms with van der Waals surface area (Å²) in [5.74, 6) is -12.8. The Morgan fingerprint density at radius 2 is 0.938 bits per heavy atom. The molecule has 27 heteroatoms. The zero-order chi connectivity index (χ0) is 60.8. The SMILES string of the molecule is CC[C@H](C)[C@H](NC(=O)[C@H](Cc1ccccc1)NC(=O)CNC(=O)CNC(=O)CNC(=O)[C@@H](NC(=O)[C@H](CC(=O)O)NC(=O)[C@@H](NC(=O)[C@@H](NC(=O)[C@@H]([NH3+])CCCC[NH3+])[C@@H](C)CC)[C@@H](C)CC)[C@@H](C)O)C(=O)N[C@@H](CC(C)C)C(=O)O. The van der Waals surface area contributed by atoms with Crippen molar-refractivity contribution < 1.29 is 84.3 Å². The van der Waals surface area contributed by atoms with Crippen molar-refractivity contribution in [2.45, 2.75) is 175 Å². The Bertz CT molecular complexity index is 2240. The van der Waals surface area contributed by atoms with Gasteiger partial charge in [-0.15, -0.1) is 0 Å². The minimum Gasteiger partial charge on any atom is -0.481 e. The fraction of sp³-hybridized carbons (Fsp3) is 0.660. The number of quaternary nitrogens is 2. The lowest BCUT2D eigenvalue weighted by molar-refractivity contribution is -0.406. The Kier molecular flexibility index (Phi) is 32.6. The van der Waals surface area contributed by atoms with Crippen LogP contribution < -0.4 is 64.6 Å². The van der Waals surface area contributed by atoms with Crippen LogP contribution in [0.25, 0.3) is 0 Å². The number of hydrogen-bond donors (Lipinski definition) is 15. The molecule has 0 spiro atoms. The van der Waals surface area contributed by atoms with Gasteiger partial charge >= 0.3 is 11.9 Å². The highest BCUT2D eigenvalue weighted by atomic mass is 16.4. The van der Waals surface area contributed by atoms with Crippen molar-refractivity contribution in [3.8, 4) is 0 Å². The fourth-order valence-electron chi connectivity index (χ4n) is 7.90. The quantitative estimate of drug-likeness (QED) is 0.0282. The summed E-state index contributed by atoms with van der Waals surface area (Å²) in [4.78, 5) is 157. The molecule has 80 heavy (non-hydrogen) atoms. The fourth-order valence-corrected chi connectivity index (χ4v) is 7.90. The van der Waals surface area contributed by atoms with Crippen LogP contribution in [0.15, 0.2) is 30.3 Å². The molecule has 0 saturated heterocycles. The molecule has 0 aromatic heterocycles. The second-order valence-corrected chi connectivity index (χ2v) is 20.7. The van der Waals surface area contributed by atoms with E-state index in [0.29, 0.717) is 44.2 Å². The van der Waals surface area contributed by atoms with Crippen molar-refractivity contribution in [3.05, 3.63) is 35.9 Å². The molecule has 0 bridgehead atoms. The predicted octanol–water partition coefficient (Wildman–Crippen LogP) is -3.88. The number of carbonyl (C=O) groups is 12. The van der Waals surface area contributed by atoms with E-state index in [2.05, 4.69) is 64.6 Å². The monoisotopic (exact) mass is 1130 g/mol. The zero-order valence-corrected chi connectivity index (χ0v) is 47.7. The van der Waals surface area contributed by atoms with Crippen molar-refractivity contribution in [2.75, 3.05) is 26.2 Å². The molecule has 450 valence electrons. The Labute approximate surface area is 467 Å². The van der Waals surface area contributed by atoms with E-state index >= 15 is 0 Å². The van der Waals surface area contributed by atoms with Crippen LogP contribution in [-0.2, 0) is 64.0 Å². The maximum Gasteiger partial charge on any atom is 0.326 e. The standard InChI is InChI=1S/C53H88N12O15/c1-10-29(6)42(51(77)61-37(53(79)80)22-28(4)5)63-47(73)35(23-33-18-14-13-15-19-33)59-40(69)27-57-38(67)25-56-39(68)26-58-49(75)45(32(9)66)65-48(74)36(24-41(70)71)60-50(76)43(30(7)11-2)64-52(78)44(31(8)12-3)62-46(72)34(55)20-16-17-21-54/h13-15,18-19,28-32,34-37,42-45,66H,10-12,16-17,20-27,54-55H2,1-9H3,(H,56,68)(H,57,67)(H,58,75)(H,59,69)(H,60,76)(H,61,77)(H,62,72)(H,63,73)(H,64,78)(H,65,74)(H,70,71)(H,79,80)/p+2/t29-,30-,31-,32+,34-,35-,36-,37-,42-,43-,44-,45-/m0/s1. The molecule has 27 nitrogen and oxygen atoms in total. The number of carbonyl (C=O) groups excluding carboxylic acids is 10. The van der Waals surface area contributed by atoms with E-state index < -0.39 is 163 Å². The number of amides is 10. The average Bonchev–Trinajstić information content (AvgIpc) is 3.40. The van der Waals surface area contributed by atoms with Crippen molar-refractivity contribution in [3.63, 3.8) is 0 Å². The third kappa shape index (κ3) is 26.1. The summed E-state index contributed by atoms with van der Waals surface area (Å²) in [5, 5.41) is 54.3. The van der Waals surface area contributed by atoms with Gasteiger partial charge in [0.05, 0.1) is 38.7 Å². The van der Waals surface area contributed by atoms with Crippen LogP contribution in [0.4, 0.5) is 0 Å². The molecule has 0 aliphatic heterocycles. The molecule has 0 radical (unpaired) electrons. The van der Waals surface area contributed by atoms with Crippen LogP contribution in [0.3, 0.4) is 0 Å². The van der Waals surface area contributed by atoms with Gasteiger partial charge in [-0.3, -0.25) is 52.7 Å². The van der Waals surface area contributed by atoms with Gasteiger partial charge in [-0.25, -0.2) is 4.79 Å². The van der Waals surface area contributed by atoms with Gasteiger partial charge in [0, 0.05) is 12.8 Å². The first-order valence-corrected chi connectivity index (χ1v) is 27.3. The minimum absolute atomic E-state index is 0.0354. The Morgan fingerprint density at radius 1 is 0.500 bits per heavy atom. The number of carboxylic acid groups (broad SMARTS) is 2. The molecule has 0 unspecified atom stereocenters. The van der Waals surface area contributed by atoms with E-state index in [-0.39, 0.29) is 24.7 Å². The molecule has 0 fully saturated rings. The number of rotatable bonds is 38. The molecule has 0 heterocycles. The maximum atomic E-state index is 13.8. The van der Waals surface area contributed by atoms with Crippen molar-refractivity contribution in [1.82, 2.24) is 53.2 Å². The highest BCUT2D eigenvalue weighted by Crippen LogP contribution is 2.15. The predicted molar refractivity (Wildman–Crippen MR) is 290 cm³/mol. The number of nitrogens with one attached hydrogen (secondary N) is 10. The lowest BCUT2D eigenvalue weighted by Crippen LogP contribution is -2.69. The van der Waals surface area contributed by atoms with Gasteiger partial charge < -0.3 is 80.0 Å². The van der Waals surface area contributed by atoms with E-state index in [4.69, 9.17) is 0 Å². The van der Waals surface area contributed by atoms with Crippen molar-refractivity contribution in [2.24, 2.45) is 23.7 Å². The number of carboxylic acids is 2. The van der Waals surface area contributed by atoms with Crippen LogP contribution in [-0.4, -0.2) is 167 Å². The molecule has 0 aliphatic carbocycles. The highest BCUT2D eigenvalue weighted by Gasteiger charge is 2.38. The van der Waals surface area contributed by atoms with E-state index in [1.807, 2.05) is 6.92 Å². The molecule has 1 aromatic rings. The smallest absolute Gasteiger partial charge is 0.326 e. The summed E-state index contributed by atoms with van der Waals surface area (Å²) >= 11 is 0. The van der Waals surface area contributed by atoms with E-state index in [0.717, 1.165) is 13.3 Å². The van der Waals surface area contributed by atoms with Crippen molar-refractivity contribution in [1.29, 1.82) is 0 Å². The summed E-state index contributed by atoms with van der Waals surface area (Å²) in [7, 11) is 0. The Morgan fingerprint density at radius 3 is 1.40 bits per heavy atom. The molecule has 12 atom stereocenters. The van der Waals surface area contributed by atoms with Gasteiger partial charge in [-0.05, 0) is 55.4 Å². The second kappa shape index (κ2) is 36.8. The number of benzene rings is 1. The third-order valence-electron chi connectivity index (χ3n) is 13.4. The lowest BCUT2D eigenvalue weighted by Gasteiger charge is -2.30. The average molecular weight is 1140 g/mol. The molecule has 10 amide bonds. The number of hydrogen-bond acceptors (Lipinski definition) is 13. The second-order valence-electron chi connectivity index (χ2n) is 20.7. The van der Waals surface area contributed by atoms with Crippen LogP contribution in [0.5, 0.6) is 0 Å². The van der Waals surface area contributed by atoms with Crippen molar-refractivity contribution >= 4 is 71.0 Å². The summed E-state index contributed by atoms with van der Waals surface area (Å²) in [5.41, 5.74) is 8.34. The van der Waals surface area contributed by atoms with Crippen LogP contribution in [0.1, 0.15) is 119 Å². The molecule has 0 saturated carbocycles. The molecular formula is C53H90N12O15+2. The number of unbranched alkanes of at least 4 members (excludes halogenated alkanes) is 1. The Balaban J connectivity index is 3.03. The first-order chi connectivity index (χ1) is 37.6. The molecule has 19 N–H and O–H groups in total. The summed E-state index contributed by atoms with van der Waals surface area (Å²) in [6.45, 7) is 13.6. The van der Waals surface area contributed by atoms with Gasteiger partial charge in [0.15, 0.2) is 6.04 Å². The number of aliphatic carboxylic acids is 2. The van der Waals surface area contributed by atoms with E-state index in [9.17, 15) is 72.9 Å². The van der Waals surface area contributed by atoms with Gasteiger partial charge in [-0.1, -0.05) is 105 Å². The largest absolute Gasteiger partial charge is 0.481 e. The molecule has 0 aliphatic rings. The normalized spacial score (nSPS) is 15.6. The summed E-state index contributed by atoms with van der Waals surface area (Å²) in [6.07, 6.45) is 0.670. The highest BCUT2D eigenvalue weighted by molar-refractivity contribution is 5.98. The number of aliphatic hydroxyl groups is 1. The first-order valence-electron chi connectivity index (χ1n) is 27.3. The van der Waals surface area contributed by atoms with Gasteiger partial charge in [0.2, 0.25) is 53.2 Å². The van der Waals surface area contributed by atoms with Gasteiger partial charge in [0.25, 0.3) is 5.91 Å². The maximum absolute atomic E-state index is 13.8. The Hall–Kier alpha value is -7.26. The van der Waals surface area contributed by atoms with Gasteiger partial charge in [-0.2, -0.15) is 0 Å². The third-order valence-corrected chi connectivity index (χ3v) is 13.4. The van der Waals surface area contributed by atoms with Gasteiger partial charge in [0.1, 0.15) is 42.3 Å². The lowest BCUT2D eigenvalue weighted by atomic mass is 9.94. The molecule has 1 rings (SSSR count). The summed E-state index contributed by atoms with van der Waals surface area (Å²) in [6, 6.07) is -1.77. The zero-order valence-electron chi connectivity index (χ0n) is 47.7. The number of aliphatic hydroxyl groups excluding tert-OH is 1. The van der Waals surface area contributed by atoms with E-state index in [1.54, 1.807) is 78.8 Å². The van der Waals surface area contributed by atoms with Crippen LogP contribution in [0, 0.1) is 23.7 Å². The molecular weight excluding hydrogens is 1040 g/mol.